The Morgan fingerprint density at radius 2 is 2.13 bits per heavy atom. The van der Waals surface area contributed by atoms with E-state index in [1.54, 1.807) is 24.5 Å². The molecule has 0 aliphatic heterocycles. The molecular weight excluding hydrogens is 337 g/mol. The molecule has 0 saturated carbocycles. The van der Waals surface area contributed by atoms with Crippen LogP contribution < -0.4 is 0 Å². The van der Waals surface area contributed by atoms with Crippen molar-refractivity contribution in [1.82, 2.24) is 15.2 Å². The average Bonchev–Trinajstić information content (AvgIpc) is 2.99. The number of halogens is 2. The molecule has 0 bridgehead atoms. The van der Waals surface area contributed by atoms with Crippen LogP contribution in [0, 0.1) is 5.82 Å². The zero-order chi connectivity index (χ0) is 16.2. The molecule has 2 aromatic heterocycles. The number of pyridine rings is 1. The average molecular weight is 350 g/mol. The van der Waals surface area contributed by atoms with Gasteiger partial charge in [-0.05, 0) is 30.7 Å². The van der Waals surface area contributed by atoms with Gasteiger partial charge in [-0.15, -0.1) is 10.2 Å². The zero-order valence-electron chi connectivity index (χ0n) is 12.2. The third-order valence-corrected chi connectivity index (χ3v) is 4.62. The normalized spacial score (nSPS) is 12.3. The zero-order valence-corrected chi connectivity index (χ0v) is 13.8. The number of aromatic nitrogens is 3. The number of benzene rings is 1. The third-order valence-electron chi connectivity index (χ3n) is 3.27. The summed E-state index contributed by atoms with van der Waals surface area (Å²) >= 11 is 7.44. The van der Waals surface area contributed by atoms with Gasteiger partial charge in [0.15, 0.2) is 0 Å². The van der Waals surface area contributed by atoms with Crippen molar-refractivity contribution in [1.29, 1.82) is 0 Å². The van der Waals surface area contributed by atoms with Crippen molar-refractivity contribution >= 4 is 23.4 Å². The molecule has 118 valence electrons. The van der Waals surface area contributed by atoms with Gasteiger partial charge >= 0.3 is 0 Å². The second-order valence-corrected chi connectivity index (χ2v) is 6.58. The first-order valence-corrected chi connectivity index (χ1v) is 8.21. The fourth-order valence-corrected chi connectivity index (χ4v) is 3.09. The van der Waals surface area contributed by atoms with Crippen LogP contribution in [0.5, 0.6) is 0 Å². The maximum atomic E-state index is 13.8. The summed E-state index contributed by atoms with van der Waals surface area (Å²) in [6.07, 6.45) is 3.69. The Hall–Kier alpha value is -1.92. The first kappa shape index (κ1) is 16.0. The van der Waals surface area contributed by atoms with Gasteiger partial charge in [0.25, 0.3) is 5.22 Å². The Kier molecular flexibility index (Phi) is 4.93. The number of hydrogen-bond acceptors (Lipinski definition) is 5. The van der Waals surface area contributed by atoms with Crippen LogP contribution >= 0.6 is 23.4 Å². The van der Waals surface area contributed by atoms with E-state index in [0.717, 1.165) is 5.56 Å². The van der Waals surface area contributed by atoms with Crippen molar-refractivity contribution < 1.29 is 8.81 Å². The fraction of sp³-hybridized carbons (Fsp3) is 0.188. The van der Waals surface area contributed by atoms with Crippen LogP contribution in [0.4, 0.5) is 4.39 Å². The van der Waals surface area contributed by atoms with Crippen molar-refractivity contribution in [2.75, 3.05) is 0 Å². The highest BCUT2D eigenvalue weighted by molar-refractivity contribution is 7.99. The molecule has 0 amide bonds. The van der Waals surface area contributed by atoms with E-state index in [-0.39, 0.29) is 17.5 Å². The first-order chi connectivity index (χ1) is 11.1. The van der Waals surface area contributed by atoms with Crippen LogP contribution in [0.25, 0.3) is 0 Å². The van der Waals surface area contributed by atoms with Gasteiger partial charge in [-0.1, -0.05) is 35.5 Å². The predicted molar refractivity (Wildman–Crippen MR) is 87.0 cm³/mol. The van der Waals surface area contributed by atoms with Gasteiger partial charge in [-0.25, -0.2) is 4.39 Å². The Morgan fingerprint density at radius 3 is 2.87 bits per heavy atom. The van der Waals surface area contributed by atoms with Gasteiger partial charge < -0.3 is 4.42 Å². The van der Waals surface area contributed by atoms with Crippen molar-refractivity contribution in [3.63, 3.8) is 0 Å². The third kappa shape index (κ3) is 3.89. The van der Waals surface area contributed by atoms with Gasteiger partial charge in [0.05, 0.1) is 6.42 Å². The minimum absolute atomic E-state index is 0.119. The van der Waals surface area contributed by atoms with Crippen molar-refractivity contribution in [3.05, 3.63) is 70.6 Å². The summed E-state index contributed by atoms with van der Waals surface area (Å²) in [4.78, 5) is 4.09. The van der Waals surface area contributed by atoms with Gasteiger partial charge in [-0.3, -0.25) is 4.98 Å². The summed E-state index contributed by atoms with van der Waals surface area (Å²) in [6, 6.07) is 8.42. The minimum Gasteiger partial charge on any atom is -0.416 e. The molecule has 1 unspecified atom stereocenters. The Balaban J connectivity index is 1.71. The number of thioether (sulfide) groups is 1. The van der Waals surface area contributed by atoms with Crippen LogP contribution in [-0.4, -0.2) is 15.2 Å². The van der Waals surface area contributed by atoms with E-state index in [2.05, 4.69) is 15.2 Å². The van der Waals surface area contributed by atoms with Crippen LogP contribution in [0.3, 0.4) is 0 Å². The summed E-state index contributed by atoms with van der Waals surface area (Å²) in [5, 5.41) is 8.86. The van der Waals surface area contributed by atoms with E-state index in [4.69, 9.17) is 16.0 Å². The van der Waals surface area contributed by atoms with E-state index < -0.39 is 0 Å². The second-order valence-electron chi connectivity index (χ2n) is 4.89. The maximum Gasteiger partial charge on any atom is 0.277 e. The van der Waals surface area contributed by atoms with Gasteiger partial charge in [-0.2, -0.15) is 0 Å². The molecule has 0 radical (unpaired) electrons. The number of hydrogen-bond donors (Lipinski definition) is 0. The molecule has 23 heavy (non-hydrogen) atoms. The summed E-state index contributed by atoms with van der Waals surface area (Å²) in [5.41, 5.74) is 1.42. The molecule has 3 aromatic rings. The van der Waals surface area contributed by atoms with Crippen molar-refractivity contribution in [2.45, 2.75) is 23.8 Å². The standard InChI is InChI=1S/C16H13ClFN3OS/c1-10(11-4-3-7-19-9-11)23-16-21-20-15(22-16)8-12-13(17)5-2-6-14(12)18/h2-7,9-10H,8H2,1H3. The largest absolute Gasteiger partial charge is 0.416 e. The lowest BCUT2D eigenvalue weighted by Crippen LogP contribution is -1.94. The minimum atomic E-state index is -0.381. The van der Waals surface area contributed by atoms with E-state index in [0.29, 0.717) is 21.7 Å². The Bertz CT molecular complexity index is 777. The first-order valence-electron chi connectivity index (χ1n) is 6.95. The molecule has 0 aliphatic rings. The van der Waals surface area contributed by atoms with Crippen molar-refractivity contribution in [2.24, 2.45) is 0 Å². The van der Waals surface area contributed by atoms with E-state index in [1.807, 2.05) is 19.1 Å². The SMILES string of the molecule is CC(Sc1nnc(Cc2c(F)cccc2Cl)o1)c1cccnc1. The molecular formula is C16H13ClFN3OS. The molecule has 0 aliphatic carbocycles. The summed E-state index contributed by atoms with van der Waals surface area (Å²) in [6.45, 7) is 2.03. The molecule has 0 saturated heterocycles. The summed E-state index contributed by atoms with van der Waals surface area (Å²) in [7, 11) is 0. The van der Waals surface area contributed by atoms with E-state index >= 15 is 0 Å². The van der Waals surface area contributed by atoms with Crippen LogP contribution in [0.15, 0.2) is 52.4 Å². The monoisotopic (exact) mass is 349 g/mol. The molecule has 0 fully saturated rings. The molecule has 4 nitrogen and oxygen atoms in total. The lowest BCUT2D eigenvalue weighted by molar-refractivity contribution is 0.417. The molecule has 7 heteroatoms. The Labute approximate surface area is 142 Å². The van der Waals surface area contributed by atoms with Gasteiger partial charge in [0.2, 0.25) is 5.89 Å². The van der Waals surface area contributed by atoms with Crippen LogP contribution in [0.1, 0.15) is 29.2 Å². The summed E-state index contributed by atoms with van der Waals surface area (Å²) < 4.78 is 19.4. The lowest BCUT2D eigenvalue weighted by Gasteiger charge is -2.07. The van der Waals surface area contributed by atoms with Gasteiger partial charge in [0, 0.05) is 28.2 Å². The molecule has 1 aromatic carbocycles. The summed E-state index contributed by atoms with van der Waals surface area (Å²) in [5.74, 6) is -0.0495. The molecule has 1 atom stereocenters. The van der Waals surface area contributed by atoms with Gasteiger partial charge in [0.1, 0.15) is 5.82 Å². The van der Waals surface area contributed by atoms with E-state index in [1.165, 1.54) is 17.8 Å². The highest BCUT2D eigenvalue weighted by atomic mass is 35.5. The number of rotatable bonds is 5. The second kappa shape index (κ2) is 7.10. The van der Waals surface area contributed by atoms with E-state index in [9.17, 15) is 4.39 Å². The smallest absolute Gasteiger partial charge is 0.277 e. The molecule has 0 spiro atoms. The quantitative estimate of drug-likeness (QED) is 0.625. The topological polar surface area (TPSA) is 51.8 Å². The maximum absolute atomic E-state index is 13.8. The number of nitrogens with zero attached hydrogens (tertiary/aromatic N) is 3. The molecule has 2 heterocycles. The van der Waals surface area contributed by atoms with Crippen LogP contribution in [0.2, 0.25) is 5.02 Å². The van der Waals surface area contributed by atoms with Crippen molar-refractivity contribution in [3.8, 4) is 0 Å². The lowest BCUT2D eigenvalue weighted by atomic mass is 10.1. The highest BCUT2D eigenvalue weighted by Gasteiger charge is 2.16. The fourth-order valence-electron chi connectivity index (χ4n) is 2.05. The molecule has 3 rings (SSSR count). The predicted octanol–water partition coefficient (Wildman–Crippen LogP) is 4.70. The Morgan fingerprint density at radius 1 is 1.26 bits per heavy atom. The highest BCUT2D eigenvalue weighted by Crippen LogP contribution is 2.33. The molecule has 0 N–H and O–H groups in total. The van der Waals surface area contributed by atoms with Crippen LogP contribution in [-0.2, 0) is 6.42 Å².